The van der Waals surface area contributed by atoms with Crippen LogP contribution >= 0.6 is 15.9 Å². The van der Waals surface area contributed by atoms with E-state index in [1.165, 1.54) is 0 Å². The summed E-state index contributed by atoms with van der Waals surface area (Å²) in [6, 6.07) is 3.56. The molecule has 1 aromatic rings. The van der Waals surface area contributed by atoms with Gasteiger partial charge in [0, 0.05) is 6.42 Å². The molecule has 0 unspecified atom stereocenters. The number of aliphatic hydroxyl groups is 1. The van der Waals surface area contributed by atoms with Crippen LogP contribution in [0.1, 0.15) is 18.9 Å². The highest BCUT2D eigenvalue weighted by Gasteiger charge is 2.11. The number of ether oxygens (including phenoxy) is 2. The van der Waals surface area contributed by atoms with Gasteiger partial charge in [0.05, 0.1) is 24.3 Å². The number of hydrogen-bond donors (Lipinski definition) is 1. The van der Waals surface area contributed by atoms with Gasteiger partial charge < -0.3 is 14.6 Å². The smallest absolute Gasteiger partial charge is 0.175 e. The topological polar surface area (TPSA) is 38.7 Å². The van der Waals surface area contributed by atoms with Gasteiger partial charge in [-0.15, -0.1) is 12.3 Å². The van der Waals surface area contributed by atoms with Crippen LogP contribution in [0.3, 0.4) is 0 Å². The van der Waals surface area contributed by atoms with Gasteiger partial charge in [0.25, 0.3) is 0 Å². The molecule has 0 aliphatic carbocycles. The second kappa shape index (κ2) is 7.21. The zero-order chi connectivity index (χ0) is 12.7. The van der Waals surface area contributed by atoms with Crippen LogP contribution in [0.2, 0.25) is 0 Å². The van der Waals surface area contributed by atoms with Gasteiger partial charge in [-0.25, -0.2) is 0 Å². The average molecular weight is 299 g/mol. The summed E-state index contributed by atoms with van der Waals surface area (Å²) in [6.45, 7) is 2.83. The van der Waals surface area contributed by atoms with E-state index >= 15 is 0 Å². The van der Waals surface area contributed by atoms with Crippen molar-refractivity contribution < 1.29 is 14.6 Å². The first-order valence-electron chi connectivity index (χ1n) is 5.35. The van der Waals surface area contributed by atoms with E-state index in [2.05, 4.69) is 21.9 Å². The SMILES string of the molecule is C#CCCOc1c(Br)cc(CO)cc1OCC. The molecule has 0 radical (unpaired) electrons. The van der Waals surface area contributed by atoms with Crippen molar-refractivity contribution in [3.63, 3.8) is 0 Å². The van der Waals surface area contributed by atoms with Gasteiger partial charge in [0.2, 0.25) is 0 Å². The highest BCUT2D eigenvalue weighted by Crippen LogP contribution is 2.37. The summed E-state index contributed by atoms with van der Waals surface area (Å²) in [5, 5.41) is 9.12. The highest BCUT2D eigenvalue weighted by atomic mass is 79.9. The van der Waals surface area contributed by atoms with Crippen LogP contribution in [-0.4, -0.2) is 18.3 Å². The summed E-state index contributed by atoms with van der Waals surface area (Å²) in [7, 11) is 0. The molecule has 0 heterocycles. The lowest BCUT2D eigenvalue weighted by molar-refractivity contribution is 0.270. The van der Waals surface area contributed by atoms with Crippen molar-refractivity contribution >= 4 is 15.9 Å². The molecule has 0 spiro atoms. The molecule has 0 atom stereocenters. The molecule has 0 bridgehead atoms. The van der Waals surface area contributed by atoms with Gasteiger partial charge in [-0.3, -0.25) is 0 Å². The van der Waals surface area contributed by atoms with Crippen LogP contribution in [0, 0.1) is 12.3 Å². The molecule has 92 valence electrons. The minimum Gasteiger partial charge on any atom is -0.490 e. The zero-order valence-corrected chi connectivity index (χ0v) is 11.3. The molecule has 0 saturated carbocycles. The second-order valence-corrected chi connectivity index (χ2v) is 4.15. The van der Waals surface area contributed by atoms with Crippen molar-refractivity contribution in [2.75, 3.05) is 13.2 Å². The summed E-state index contributed by atoms with van der Waals surface area (Å²) in [5.41, 5.74) is 0.768. The van der Waals surface area contributed by atoms with Crippen molar-refractivity contribution in [2.45, 2.75) is 20.0 Å². The molecule has 4 heteroatoms. The average Bonchev–Trinajstić information content (AvgIpc) is 2.32. The Morgan fingerprint density at radius 2 is 2.18 bits per heavy atom. The predicted molar refractivity (Wildman–Crippen MR) is 70.2 cm³/mol. The van der Waals surface area contributed by atoms with E-state index in [-0.39, 0.29) is 6.61 Å². The van der Waals surface area contributed by atoms with E-state index in [9.17, 15) is 0 Å². The molecule has 17 heavy (non-hydrogen) atoms. The summed E-state index contributed by atoms with van der Waals surface area (Å²) >= 11 is 3.39. The molecule has 0 fully saturated rings. The second-order valence-electron chi connectivity index (χ2n) is 3.30. The third-order valence-electron chi connectivity index (χ3n) is 2.04. The van der Waals surface area contributed by atoms with Crippen molar-refractivity contribution in [3.8, 4) is 23.8 Å². The molecule has 0 aromatic heterocycles. The van der Waals surface area contributed by atoms with Gasteiger partial charge in [-0.05, 0) is 40.5 Å². The molecule has 1 N–H and O–H groups in total. The Labute approximate surface area is 110 Å². The van der Waals surface area contributed by atoms with Crippen LogP contribution < -0.4 is 9.47 Å². The number of benzene rings is 1. The van der Waals surface area contributed by atoms with Crippen molar-refractivity contribution in [1.29, 1.82) is 0 Å². The number of terminal acetylenes is 1. The molecule has 1 rings (SSSR count). The fourth-order valence-electron chi connectivity index (χ4n) is 1.33. The largest absolute Gasteiger partial charge is 0.490 e. The third-order valence-corrected chi connectivity index (χ3v) is 2.63. The van der Waals surface area contributed by atoms with Crippen molar-refractivity contribution in [1.82, 2.24) is 0 Å². The summed E-state index contributed by atoms with van der Waals surface area (Å²) in [5.74, 6) is 3.75. The lowest BCUT2D eigenvalue weighted by Gasteiger charge is -2.14. The van der Waals surface area contributed by atoms with E-state index < -0.39 is 0 Å². The van der Waals surface area contributed by atoms with Gasteiger partial charge in [-0.2, -0.15) is 0 Å². The van der Waals surface area contributed by atoms with Crippen molar-refractivity contribution in [3.05, 3.63) is 22.2 Å². The van der Waals surface area contributed by atoms with Gasteiger partial charge >= 0.3 is 0 Å². The van der Waals surface area contributed by atoms with E-state index in [1.54, 1.807) is 12.1 Å². The fraction of sp³-hybridized carbons (Fsp3) is 0.385. The monoisotopic (exact) mass is 298 g/mol. The molecular weight excluding hydrogens is 284 g/mol. The lowest BCUT2D eigenvalue weighted by atomic mass is 10.2. The Bertz CT molecular complexity index is 410. The minimum atomic E-state index is -0.0384. The quantitative estimate of drug-likeness (QED) is 0.648. The highest BCUT2D eigenvalue weighted by molar-refractivity contribution is 9.10. The first-order valence-corrected chi connectivity index (χ1v) is 6.14. The molecular formula is C13H15BrO3. The van der Waals surface area contributed by atoms with E-state index in [4.69, 9.17) is 21.0 Å². The normalized spacial score (nSPS) is 9.76. The molecule has 0 aliphatic heterocycles. The van der Waals surface area contributed by atoms with Gasteiger partial charge in [0.1, 0.15) is 0 Å². The standard InChI is InChI=1S/C13H15BrO3/c1-3-5-6-17-13-11(14)7-10(9-15)8-12(13)16-4-2/h1,7-8,15H,4-6,9H2,2H3. The lowest BCUT2D eigenvalue weighted by Crippen LogP contribution is -2.02. The fourth-order valence-corrected chi connectivity index (χ4v) is 1.93. The van der Waals surface area contributed by atoms with E-state index in [0.29, 0.717) is 31.1 Å². The van der Waals surface area contributed by atoms with Gasteiger partial charge in [0.15, 0.2) is 11.5 Å². The van der Waals surface area contributed by atoms with Crippen LogP contribution in [0.4, 0.5) is 0 Å². The molecule has 0 aliphatic rings. The van der Waals surface area contributed by atoms with Crippen molar-refractivity contribution in [2.24, 2.45) is 0 Å². The molecule has 1 aromatic carbocycles. The predicted octanol–water partition coefficient (Wildman–Crippen LogP) is 2.74. The molecule has 3 nitrogen and oxygen atoms in total. The van der Waals surface area contributed by atoms with E-state index in [1.807, 2.05) is 6.92 Å². The van der Waals surface area contributed by atoms with Crippen LogP contribution in [0.15, 0.2) is 16.6 Å². The third kappa shape index (κ3) is 3.95. The van der Waals surface area contributed by atoms with Crippen LogP contribution in [-0.2, 0) is 6.61 Å². The Kier molecular flexibility index (Phi) is 5.88. The molecule has 0 saturated heterocycles. The van der Waals surface area contributed by atoms with E-state index in [0.717, 1.165) is 10.0 Å². The Balaban J connectivity index is 2.95. The number of halogens is 1. The first-order chi connectivity index (χ1) is 8.22. The van der Waals surface area contributed by atoms with Crippen LogP contribution in [0.5, 0.6) is 11.5 Å². The maximum atomic E-state index is 9.12. The number of hydrogen-bond acceptors (Lipinski definition) is 3. The zero-order valence-electron chi connectivity index (χ0n) is 9.70. The maximum absolute atomic E-state index is 9.12. The Morgan fingerprint density at radius 1 is 1.41 bits per heavy atom. The first kappa shape index (κ1) is 13.9. The molecule has 0 amide bonds. The summed E-state index contributed by atoms with van der Waals surface area (Å²) < 4.78 is 11.8. The number of rotatable bonds is 6. The number of aliphatic hydroxyl groups excluding tert-OH is 1. The summed E-state index contributed by atoms with van der Waals surface area (Å²) in [6.07, 6.45) is 5.71. The Morgan fingerprint density at radius 3 is 2.76 bits per heavy atom. The summed E-state index contributed by atoms with van der Waals surface area (Å²) in [4.78, 5) is 0. The van der Waals surface area contributed by atoms with Crippen LogP contribution in [0.25, 0.3) is 0 Å². The Hall–Kier alpha value is -1.18. The minimum absolute atomic E-state index is 0.0384. The maximum Gasteiger partial charge on any atom is 0.175 e. The van der Waals surface area contributed by atoms with Gasteiger partial charge in [-0.1, -0.05) is 0 Å².